The Balaban J connectivity index is 2.53. The van der Waals surface area contributed by atoms with Gasteiger partial charge in [-0.15, -0.1) is 0 Å². The van der Waals surface area contributed by atoms with Crippen molar-refractivity contribution in [3.05, 3.63) is 23.5 Å². The number of hydrogen-bond acceptors (Lipinski definition) is 1. The highest BCUT2D eigenvalue weighted by Gasteiger charge is 2.11. The molecule has 1 aliphatic carbocycles. The van der Waals surface area contributed by atoms with Crippen LogP contribution in [0.5, 0.6) is 0 Å². The van der Waals surface area contributed by atoms with E-state index in [1.807, 2.05) is 0 Å². The highest BCUT2D eigenvalue weighted by atomic mass is 19.3. The monoisotopic (exact) mass is 202 g/mol. The highest BCUT2D eigenvalue weighted by molar-refractivity contribution is 5.23. The number of ether oxygens (including phenoxy) is 1. The van der Waals surface area contributed by atoms with Gasteiger partial charge in [0.25, 0.3) is 0 Å². The molecule has 0 saturated heterocycles. The molecule has 1 aliphatic rings. The molecule has 80 valence electrons. The van der Waals surface area contributed by atoms with Crippen LogP contribution in [-0.4, -0.2) is 6.61 Å². The molecule has 1 rings (SSSR count). The summed E-state index contributed by atoms with van der Waals surface area (Å²) in [5.41, 5.74) is 1.21. The molecule has 0 fully saturated rings. The van der Waals surface area contributed by atoms with Crippen LogP contribution in [0.25, 0.3) is 0 Å². The second-order valence-corrected chi connectivity index (χ2v) is 3.92. The van der Waals surface area contributed by atoms with Gasteiger partial charge in [-0.1, -0.05) is 19.4 Å². The van der Waals surface area contributed by atoms with Gasteiger partial charge >= 0.3 is 6.61 Å². The van der Waals surface area contributed by atoms with Crippen molar-refractivity contribution in [3.8, 4) is 0 Å². The SMILES string of the molecule is CC(C)CC1=CC(OC(F)F)=CCC1. The summed E-state index contributed by atoms with van der Waals surface area (Å²) in [5.74, 6) is 0.883. The smallest absolute Gasteiger partial charge is 0.387 e. The molecule has 0 atom stereocenters. The maximum absolute atomic E-state index is 11.9. The van der Waals surface area contributed by atoms with Crippen molar-refractivity contribution >= 4 is 0 Å². The van der Waals surface area contributed by atoms with E-state index in [4.69, 9.17) is 0 Å². The summed E-state index contributed by atoms with van der Waals surface area (Å²) in [6.45, 7) is 1.52. The quantitative estimate of drug-likeness (QED) is 0.672. The molecule has 14 heavy (non-hydrogen) atoms. The molecule has 0 spiro atoms. The molecule has 0 aromatic rings. The molecule has 0 aromatic carbocycles. The molecule has 0 saturated carbocycles. The van der Waals surface area contributed by atoms with E-state index in [2.05, 4.69) is 18.6 Å². The summed E-state index contributed by atoms with van der Waals surface area (Å²) in [4.78, 5) is 0. The first-order valence-electron chi connectivity index (χ1n) is 4.92. The molecular formula is C11H16F2O. The molecule has 0 aliphatic heterocycles. The first-order valence-corrected chi connectivity index (χ1v) is 4.92. The maximum Gasteiger partial charge on any atom is 0.387 e. The third-order valence-electron chi connectivity index (χ3n) is 2.05. The van der Waals surface area contributed by atoms with Crippen LogP contribution in [0.4, 0.5) is 8.78 Å². The first-order chi connectivity index (χ1) is 6.58. The molecule has 0 radical (unpaired) electrons. The normalized spacial score (nSPS) is 17.0. The summed E-state index contributed by atoms with van der Waals surface area (Å²) in [6, 6.07) is 0. The zero-order valence-electron chi connectivity index (χ0n) is 8.59. The van der Waals surface area contributed by atoms with E-state index in [1.54, 1.807) is 12.2 Å². The van der Waals surface area contributed by atoms with Gasteiger partial charge in [-0.05, 0) is 37.3 Å². The van der Waals surface area contributed by atoms with E-state index in [-0.39, 0.29) is 0 Å². The molecule has 0 heterocycles. The highest BCUT2D eigenvalue weighted by Crippen LogP contribution is 2.24. The van der Waals surface area contributed by atoms with Crippen LogP contribution in [-0.2, 0) is 4.74 Å². The van der Waals surface area contributed by atoms with Crippen molar-refractivity contribution in [2.75, 3.05) is 0 Å². The van der Waals surface area contributed by atoms with Crippen molar-refractivity contribution in [2.45, 2.75) is 39.7 Å². The van der Waals surface area contributed by atoms with Crippen LogP contribution in [0.3, 0.4) is 0 Å². The number of allylic oxidation sites excluding steroid dienone is 3. The minimum Gasteiger partial charge on any atom is -0.435 e. The summed E-state index contributed by atoms with van der Waals surface area (Å²) < 4.78 is 28.2. The predicted molar refractivity (Wildman–Crippen MR) is 51.9 cm³/mol. The Kier molecular flexibility index (Phi) is 4.11. The fraction of sp³-hybridized carbons (Fsp3) is 0.636. The first kappa shape index (κ1) is 11.2. The molecule has 1 nitrogen and oxygen atoms in total. The van der Waals surface area contributed by atoms with Gasteiger partial charge in [-0.2, -0.15) is 8.78 Å². The Morgan fingerprint density at radius 1 is 1.43 bits per heavy atom. The van der Waals surface area contributed by atoms with Crippen molar-refractivity contribution in [3.63, 3.8) is 0 Å². The molecule has 0 unspecified atom stereocenters. The van der Waals surface area contributed by atoms with Crippen molar-refractivity contribution in [1.29, 1.82) is 0 Å². The van der Waals surface area contributed by atoms with Gasteiger partial charge in [0, 0.05) is 0 Å². The van der Waals surface area contributed by atoms with Crippen LogP contribution < -0.4 is 0 Å². The maximum atomic E-state index is 11.9. The lowest BCUT2D eigenvalue weighted by Gasteiger charge is -2.15. The van der Waals surface area contributed by atoms with E-state index in [1.165, 1.54) is 5.57 Å². The van der Waals surface area contributed by atoms with Crippen molar-refractivity contribution in [1.82, 2.24) is 0 Å². The second-order valence-electron chi connectivity index (χ2n) is 3.92. The number of hydrogen-bond donors (Lipinski definition) is 0. The van der Waals surface area contributed by atoms with E-state index >= 15 is 0 Å². The van der Waals surface area contributed by atoms with Crippen LogP contribution in [0.1, 0.15) is 33.1 Å². The molecule has 0 N–H and O–H groups in total. The van der Waals surface area contributed by atoms with Gasteiger partial charge in [-0.3, -0.25) is 0 Å². The van der Waals surface area contributed by atoms with Crippen LogP contribution >= 0.6 is 0 Å². The predicted octanol–water partition coefficient (Wildman–Crippen LogP) is 3.88. The lowest BCUT2D eigenvalue weighted by molar-refractivity contribution is -0.0925. The topological polar surface area (TPSA) is 9.23 Å². The van der Waals surface area contributed by atoms with Crippen molar-refractivity contribution in [2.24, 2.45) is 5.92 Å². The average Bonchev–Trinajstić information content (AvgIpc) is 2.01. The summed E-state index contributed by atoms with van der Waals surface area (Å²) >= 11 is 0. The van der Waals surface area contributed by atoms with Crippen LogP contribution in [0.2, 0.25) is 0 Å². The fourth-order valence-corrected chi connectivity index (χ4v) is 1.60. The van der Waals surface area contributed by atoms with Gasteiger partial charge in [-0.25, -0.2) is 0 Å². The van der Waals surface area contributed by atoms with E-state index in [9.17, 15) is 8.78 Å². The molecular weight excluding hydrogens is 186 g/mol. The average molecular weight is 202 g/mol. The molecule has 0 aromatic heterocycles. The van der Waals surface area contributed by atoms with Gasteiger partial charge < -0.3 is 4.74 Å². The third kappa shape index (κ3) is 3.90. The Labute approximate surface area is 83.4 Å². The van der Waals surface area contributed by atoms with Gasteiger partial charge in [0.05, 0.1) is 0 Å². The summed E-state index contributed by atoms with van der Waals surface area (Å²) in [5, 5.41) is 0. The van der Waals surface area contributed by atoms with Gasteiger partial charge in [0.15, 0.2) is 0 Å². The lowest BCUT2D eigenvalue weighted by Crippen LogP contribution is -2.02. The van der Waals surface area contributed by atoms with E-state index in [0.717, 1.165) is 19.3 Å². The Bertz CT molecular complexity index is 242. The summed E-state index contributed by atoms with van der Waals surface area (Å²) in [6.07, 6.45) is 6.20. The van der Waals surface area contributed by atoms with Gasteiger partial charge in [0.1, 0.15) is 5.76 Å². The molecule has 0 bridgehead atoms. The zero-order valence-corrected chi connectivity index (χ0v) is 8.59. The summed E-state index contributed by atoms with van der Waals surface area (Å²) in [7, 11) is 0. The van der Waals surface area contributed by atoms with E-state index in [0.29, 0.717) is 11.7 Å². The van der Waals surface area contributed by atoms with Gasteiger partial charge in [0.2, 0.25) is 0 Å². The standard InChI is InChI=1S/C11H16F2O/c1-8(2)6-9-4-3-5-10(7-9)14-11(12)13/h5,7-8,11H,3-4,6H2,1-2H3. The molecule has 0 amide bonds. The minimum atomic E-state index is -2.71. The Morgan fingerprint density at radius 3 is 2.71 bits per heavy atom. The number of rotatable bonds is 4. The third-order valence-corrected chi connectivity index (χ3v) is 2.05. The Hall–Kier alpha value is -0.860. The fourth-order valence-electron chi connectivity index (χ4n) is 1.60. The van der Waals surface area contributed by atoms with Crippen LogP contribution in [0, 0.1) is 5.92 Å². The largest absolute Gasteiger partial charge is 0.435 e. The minimum absolute atomic E-state index is 0.321. The lowest BCUT2D eigenvalue weighted by atomic mass is 9.95. The molecule has 3 heteroatoms. The van der Waals surface area contributed by atoms with Crippen LogP contribution in [0.15, 0.2) is 23.5 Å². The van der Waals surface area contributed by atoms with E-state index < -0.39 is 6.61 Å². The number of alkyl halides is 2. The Morgan fingerprint density at radius 2 is 2.14 bits per heavy atom. The second kappa shape index (κ2) is 5.13. The van der Waals surface area contributed by atoms with Crippen molar-refractivity contribution < 1.29 is 13.5 Å². The number of halogens is 2. The zero-order chi connectivity index (χ0) is 10.6.